The Morgan fingerprint density at radius 3 is 2.50 bits per heavy atom. The molecule has 114 valence electrons. The molecule has 0 bridgehead atoms. The molecule has 0 heterocycles. The number of Topliss-reactive ketones (excluding diaryl/α,β-unsaturated/α-hetero) is 1. The van der Waals surface area contributed by atoms with Crippen LogP contribution in [0, 0.1) is 11.3 Å². The molecule has 0 aromatic rings. The van der Waals surface area contributed by atoms with Crippen LogP contribution in [0.2, 0.25) is 0 Å². The van der Waals surface area contributed by atoms with E-state index >= 15 is 0 Å². The van der Waals surface area contributed by atoms with Crippen molar-refractivity contribution in [2.45, 2.75) is 66.7 Å². The van der Waals surface area contributed by atoms with Crippen LogP contribution in [0.4, 0.5) is 0 Å². The van der Waals surface area contributed by atoms with Gasteiger partial charge in [-0.2, -0.15) is 0 Å². The van der Waals surface area contributed by atoms with Gasteiger partial charge in [0.2, 0.25) is 0 Å². The number of nitrogens with one attached hydrogen (secondary N) is 1. The van der Waals surface area contributed by atoms with E-state index in [-0.39, 0.29) is 11.2 Å². The van der Waals surface area contributed by atoms with Crippen molar-refractivity contribution < 1.29 is 4.79 Å². The van der Waals surface area contributed by atoms with Crippen molar-refractivity contribution in [3.8, 4) is 0 Å². The monoisotopic (exact) mass is 277 g/mol. The molecule has 0 atom stereocenters. The largest absolute Gasteiger partial charge is 0.388 e. The molecule has 0 unspecified atom stereocenters. The van der Waals surface area contributed by atoms with Crippen molar-refractivity contribution in [1.29, 1.82) is 0 Å². The SMILES string of the molecule is C=C1CC(C)(C)CC(=O)/C1=C(\CC(C)C)NCCCC. The molecule has 1 fully saturated rings. The maximum Gasteiger partial charge on any atom is 0.165 e. The molecular weight excluding hydrogens is 246 g/mol. The normalized spacial score (nSPS) is 21.3. The zero-order valence-corrected chi connectivity index (χ0v) is 13.9. The standard InChI is InChI=1S/C18H31NO/c1-7-8-9-19-15(10-13(2)3)17-14(4)11-18(5,6)12-16(17)20/h13,19H,4,7-12H2,1-3,5-6H3/b17-15+. The van der Waals surface area contributed by atoms with Crippen LogP contribution in [0.1, 0.15) is 66.7 Å². The lowest BCUT2D eigenvalue weighted by Gasteiger charge is -2.33. The van der Waals surface area contributed by atoms with Gasteiger partial charge in [-0.1, -0.05) is 47.6 Å². The van der Waals surface area contributed by atoms with E-state index in [0.29, 0.717) is 12.3 Å². The lowest BCUT2D eigenvalue weighted by Crippen LogP contribution is -2.30. The van der Waals surface area contributed by atoms with Crippen LogP contribution in [0.5, 0.6) is 0 Å². The quantitative estimate of drug-likeness (QED) is 0.567. The summed E-state index contributed by atoms with van der Waals surface area (Å²) in [5.74, 6) is 0.813. The van der Waals surface area contributed by atoms with Crippen molar-refractivity contribution in [2.24, 2.45) is 11.3 Å². The molecule has 2 nitrogen and oxygen atoms in total. The molecule has 1 aliphatic carbocycles. The van der Waals surface area contributed by atoms with Crippen molar-refractivity contribution in [3.63, 3.8) is 0 Å². The average Bonchev–Trinajstić information content (AvgIpc) is 2.25. The molecular formula is C18H31NO. The van der Waals surface area contributed by atoms with Crippen molar-refractivity contribution in [3.05, 3.63) is 23.4 Å². The molecule has 0 spiro atoms. The van der Waals surface area contributed by atoms with Gasteiger partial charge >= 0.3 is 0 Å². The third kappa shape index (κ3) is 4.81. The summed E-state index contributed by atoms with van der Waals surface area (Å²) in [6.45, 7) is 16.0. The summed E-state index contributed by atoms with van der Waals surface area (Å²) < 4.78 is 0. The van der Waals surface area contributed by atoms with Gasteiger partial charge in [-0.05, 0) is 36.2 Å². The Labute approximate surface area is 124 Å². The number of carbonyl (C=O) groups is 1. The van der Waals surface area contributed by atoms with E-state index in [1.54, 1.807) is 0 Å². The Morgan fingerprint density at radius 1 is 1.35 bits per heavy atom. The van der Waals surface area contributed by atoms with Crippen molar-refractivity contribution >= 4 is 5.78 Å². The smallest absolute Gasteiger partial charge is 0.165 e. The third-order valence-electron chi connectivity index (χ3n) is 3.75. The van der Waals surface area contributed by atoms with Crippen LogP contribution < -0.4 is 5.32 Å². The predicted octanol–water partition coefficient (Wildman–Crippen LogP) is 4.62. The highest BCUT2D eigenvalue weighted by Crippen LogP contribution is 2.39. The lowest BCUT2D eigenvalue weighted by atomic mass is 9.71. The predicted molar refractivity (Wildman–Crippen MR) is 86.6 cm³/mol. The number of hydrogen-bond donors (Lipinski definition) is 1. The van der Waals surface area contributed by atoms with E-state index in [9.17, 15) is 4.79 Å². The van der Waals surface area contributed by atoms with Crippen LogP contribution in [0.3, 0.4) is 0 Å². The van der Waals surface area contributed by atoms with Gasteiger partial charge < -0.3 is 5.32 Å². The average molecular weight is 277 g/mol. The van der Waals surface area contributed by atoms with Gasteiger partial charge in [-0.15, -0.1) is 0 Å². The Balaban J connectivity index is 2.99. The summed E-state index contributed by atoms with van der Waals surface area (Å²) in [7, 11) is 0. The first-order valence-electron chi connectivity index (χ1n) is 7.95. The van der Waals surface area contributed by atoms with Gasteiger partial charge in [0.15, 0.2) is 5.78 Å². The second kappa shape index (κ2) is 7.10. The Morgan fingerprint density at radius 2 is 2.00 bits per heavy atom. The minimum atomic E-state index is 0.0595. The van der Waals surface area contributed by atoms with Crippen LogP contribution in [0.25, 0.3) is 0 Å². The number of unbranched alkanes of at least 4 members (excludes halogenated alkanes) is 1. The van der Waals surface area contributed by atoms with Crippen LogP contribution in [0.15, 0.2) is 23.4 Å². The molecule has 1 saturated carbocycles. The van der Waals surface area contributed by atoms with E-state index in [1.165, 1.54) is 6.42 Å². The first kappa shape index (κ1) is 17.0. The van der Waals surface area contributed by atoms with Crippen LogP contribution in [-0.4, -0.2) is 12.3 Å². The minimum Gasteiger partial charge on any atom is -0.388 e. The molecule has 0 saturated heterocycles. The fourth-order valence-corrected chi connectivity index (χ4v) is 2.92. The van der Waals surface area contributed by atoms with Crippen LogP contribution >= 0.6 is 0 Å². The van der Waals surface area contributed by atoms with E-state index in [4.69, 9.17) is 0 Å². The maximum absolute atomic E-state index is 12.5. The molecule has 0 aliphatic heterocycles. The van der Waals surface area contributed by atoms with Crippen molar-refractivity contribution in [2.75, 3.05) is 6.54 Å². The summed E-state index contributed by atoms with van der Waals surface area (Å²) >= 11 is 0. The molecule has 1 rings (SSSR count). The molecule has 0 radical (unpaired) electrons. The molecule has 20 heavy (non-hydrogen) atoms. The van der Waals surface area contributed by atoms with Gasteiger partial charge in [-0.25, -0.2) is 0 Å². The molecule has 0 amide bonds. The van der Waals surface area contributed by atoms with Gasteiger partial charge in [-0.3, -0.25) is 4.79 Å². The van der Waals surface area contributed by atoms with Gasteiger partial charge in [0.25, 0.3) is 0 Å². The summed E-state index contributed by atoms with van der Waals surface area (Å²) in [4.78, 5) is 12.5. The fourth-order valence-electron chi connectivity index (χ4n) is 2.92. The fraction of sp³-hybridized carbons (Fsp3) is 0.722. The number of allylic oxidation sites excluding steroid dienone is 3. The summed E-state index contributed by atoms with van der Waals surface area (Å²) in [5, 5.41) is 3.51. The highest BCUT2D eigenvalue weighted by molar-refractivity contribution is 6.01. The maximum atomic E-state index is 12.5. The van der Waals surface area contributed by atoms with E-state index in [1.807, 2.05) is 0 Å². The first-order chi connectivity index (χ1) is 9.26. The van der Waals surface area contributed by atoms with E-state index < -0.39 is 0 Å². The zero-order valence-electron chi connectivity index (χ0n) is 13.9. The number of hydrogen-bond acceptors (Lipinski definition) is 2. The topological polar surface area (TPSA) is 29.1 Å². The third-order valence-corrected chi connectivity index (χ3v) is 3.75. The van der Waals surface area contributed by atoms with E-state index in [2.05, 4.69) is 46.5 Å². The summed E-state index contributed by atoms with van der Waals surface area (Å²) in [6, 6.07) is 0. The van der Waals surface area contributed by atoms with Crippen molar-refractivity contribution in [1.82, 2.24) is 5.32 Å². The molecule has 1 aliphatic rings. The number of carbonyl (C=O) groups excluding carboxylic acids is 1. The Hall–Kier alpha value is -1.05. The zero-order chi connectivity index (χ0) is 15.3. The summed E-state index contributed by atoms with van der Waals surface area (Å²) in [5.41, 5.74) is 3.10. The van der Waals surface area contributed by atoms with E-state index in [0.717, 1.165) is 42.7 Å². The molecule has 1 N–H and O–H groups in total. The second-order valence-electron chi connectivity index (χ2n) is 7.28. The highest BCUT2D eigenvalue weighted by atomic mass is 16.1. The first-order valence-corrected chi connectivity index (χ1v) is 7.95. The Bertz CT molecular complexity index is 380. The lowest BCUT2D eigenvalue weighted by molar-refractivity contribution is -0.118. The number of ketones is 1. The minimum absolute atomic E-state index is 0.0595. The second-order valence-corrected chi connectivity index (χ2v) is 7.28. The van der Waals surface area contributed by atoms with Gasteiger partial charge in [0, 0.05) is 24.2 Å². The van der Waals surface area contributed by atoms with Gasteiger partial charge in [0.05, 0.1) is 0 Å². The van der Waals surface area contributed by atoms with Crippen LogP contribution in [-0.2, 0) is 4.79 Å². The molecule has 0 aromatic heterocycles. The Kier molecular flexibility index (Phi) is 6.04. The molecule has 0 aromatic carbocycles. The number of rotatable bonds is 6. The summed E-state index contributed by atoms with van der Waals surface area (Å²) in [6.07, 6.45) is 4.80. The van der Waals surface area contributed by atoms with Gasteiger partial charge in [0.1, 0.15) is 0 Å². The molecule has 2 heteroatoms. The highest BCUT2D eigenvalue weighted by Gasteiger charge is 2.33.